The summed E-state index contributed by atoms with van der Waals surface area (Å²) in [7, 11) is 0. The third-order valence-corrected chi connectivity index (χ3v) is 7.16. The van der Waals surface area contributed by atoms with Crippen LogP contribution >= 0.6 is 22.7 Å². The molecule has 0 atom stereocenters. The van der Waals surface area contributed by atoms with Gasteiger partial charge in [-0.25, -0.2) is 0 Å². The van der Waals surface area contributed by atoms with Crippen LogP contribution in [0.3, 0.4) is 0 Å². The largest absolute Gasteiger partial charge is 0.306 e. The van der Waals surface area contributed by atoms with E-state index >= 15 is 0 Å². The number of hydrogen-bond donors (Lipinski definition) is 0. The molecule has 3 heteroatoms. The molecule has 0 aliphatic rings. The maximum atomic E-state index is 2.53. The smallest absolute Gasteiger partial charge is 0.0673 e. The van der Waals surface area contributed by atoms with Gasteiger partial charge in [0.05, 0.1) is 25.9 Å². The summed E-state index contributed by atoms with van der Waals surface area (Å²) in [6.07, 6.45) is 0. The van der Waals surface area contributed by atoms with E-state index in [1.54, 1.807) is 0 Å². The summed E-state index contributed by atoms with van der Waals surface area (Å²) in [5, 5.41) is 9.99. The third-order valence-electron chi connectivity index (χ3n) is 5.32. The van der Waals surface area contributed by atoms with E-state index in [9.17, 15) is 0 Å². The maximum Gasteiger partial charge on any atom is 0.0673 e. The molecular weight excluding hydrogens is 318 g/mol. The van der Waals surface area contributed by atoms with Gasteiger partial charge in [-0.3, -0.25) is 0 Å². The Morgan fingerprint density at radius 1 is 0.652 bits per heavy atom. The van der Waals surface area contributed by atoms with Gasteiger partial charge in [-0.1, -0.05) is 18.2 Å². The van der Waals surface area contributed by atoms with Crippen molar-refractivity contribution >= 4 is 70.2 Å². The van der Waals surface area contributed by atoms with Crippen LogP contribution in [0.25, 0.3) is 47.5 Å². The Morgan fingerprint density at radius 2 is 1.17 bits per heavy atom. The predicted molar refractivity (Wildman–Crippen MR) is 104 cm³/mol. The Morgan fingerprint density at radius 3 is 1.70 bits per heavy atom. The van der Waals surface area contributed by atoms with Crippen LogP contribution in [0.4, 0.5) is 0 Å². The summed E-state index contributed by atoms with van der Waals surface area (Å²) in [6.45, 7) is 4.56. The van der Waals surface area contributed by atoms with Crippen molar-refractivity contribution in [3.05, 3.63) is 52.2 Å². The molecule has 6 rings (SSSR count). The molecule has 0 bridgehead atoms. The number of hydrogen-bond acceptors (Lipinski definition) is 2. The molecule has 0 amide bonds. The first-order valence-electron chi connectivity index (χ1n) is 7.79. The zero-order valence-corrected chi connectivity index (χ0v) is 14.4. The Kier molecular flexibility index (Phi) is 2.07. The quantitative estimate of drug-likeness (QED) is 0.291. The minimum absolute atomic E-state index is 1.37. The Hall–Kier alpha value is -2.10. The number of aryl methyl sites for hydroxylation is 2. The minimum atomic E-state index is 1.37. The highest BCUT2D eigenvalue weighted by Crippen LogP contribution is 2.45. The number of benzene rings is 1. The molecule has 110 valence electrons. The van der Waals surface area contributed by atoms with Crippen molar-refractivity contribution in [2.24, 2.45) is 0 Å². The average Bonchev–Trinajstić information content (AvgIpc) is 3.27. The van der Waals surface area contributed by atoms with Gasteiger partial charge in [0.2, 0.25) is 0 Å². The number of aromatic nitrogens is 1. The zero-order valence-electron chi connectivity index (χ0n) is 12.8. The van der Waals surface area contributed by atoms with Crippen LogP contribution in [-0.2, 0) is 0 Å². The van der Waals surface area contributed by atoms with Gasteiger partial charge in [0.25, 0.3) is 0 Å². The zero-order chi connectivity index (χ0) is 15.3. The number of para-hydroxylation sites is 1. The van der Waals surface area contributed by atoms with E-state index in [-0.39, 0.29) is 0 Å². The van der Waals surface area contributed by atoms with Gasteiger partial charge in [0, 0.05) is 21.5 Å². The first kappa shape index (κ1) is 12.3. The Balaban J connectivity index is 2.22. The molecule has 23 heavy (non-hydrogen) atoms. The molecule has 1 nitrogen and oxygen atoms in total. The number of rotatable bonds is 0. The van der Waals surface area contributed by atoms with E-state index < -0.39 is 0 Å². The third kappa shape index (κ3) is 1.23. The van der Waals surface area contributed by atoms with Crippen LogP contribution in [-0.4, -0.2) is 4.40 Å². The monoisotopic (exact) mass is 331 g/mol. The number of pyridine rings is 2. The summed E-state index contributed by atoms with van der Waals surface area (Å²) in [6, 6.07) is 11.3. The predicted octanol–water partition coefficient (Wildman–Crippen LogP) is 6.73. The maximum absolute atomic E-state index is 2.53. The highest BCUT2D eigenvalue weighted by molar-refractivity contribution is 7.19. The molecule has 0 saturated carbocycles. The molecule has 0 N–H and O–H groups in total. The van der Waals surface area contributed by atoms with Gasteiger partial charge >= 0.3 is 0 Å². The summed E-state index contributed by atoms with van der Waals surface area (Å²) in [5.74, 6) is 0. The molecule has 6 aromatic rings. The Labute approximate surface area is 140 Å². The normalized spacial score (nSPS) is 12.8. The van der Waals surface area contributed by atoms with E-state index in [0.717, 1.165) is 0 Å². The van der Waals surface area contributed by atoms with Gasteiger partial charge in [-0.15, -0.1) is 22.7 Å². The SMILES string of the molecule is Cc1c(C)c2c3sccc3c3cccc4c5ccsc5c1n2c43. The van der Waals surface area contributed by atoms with Crippen molar-refractivity contribution in [3.8, 4) is 0 Å². The van der Waals surface area contributed by atoms with Crippen molar-refractivity contribution in [1.29, 1.82) is 0 Å². The van der Waals surface area contributed by atoms with Gasteiger partial charge < -0.3 is 4.40 Å². The van der Waals surface area contributed by atoms with Crippen LogP contribution in [0.2, 0.25) is 0 Å². The number of fused-ring (bicyclic) bond motifs is 6. The molecule has 0 aliphatic heterocycles. The van der Waals surface area contributed by atoms with Crippen LogP contribution in [0, 0.1) is 13.8 Å². The van der Waals surface area contributed by atoms with Crippen molar-refractivity contribution in [3.63, 3.8) is 0 Å². The van der Waals surface area contributed by atoms with Crippen LogP contribution in [0.1, 0.15) is 11.1 Å². The average molecular weight is 331 g/mol. The van der Waals surface area contributed by atoms with Crippen molar-refractivity contribution in [2.75, 3.05) is 0 Å². The molecular formula is C20H13NS2. The lowest BCUT2D eigenvalue weighted by atomic mass is 10.0. The van der Waals surface area contributed by atoms with Crippen molar-refractivity contribution < 1.29 is 0 Å². The van der Waals surface area contributed by atoms with Crippen molar-refractivity contribution in [2.45, 2.75) is 13.8 Å². The lowest BCUT2D eigenvalue weighted by molar-refractivity contribution is 1.36. The van der Waals surface area contributed by atoms with Crippen LogP contribution in [0.5, 0.6) is 0 Å². The number of thiophene rings is 2. The van der Waals surface area contributed by atoms with Crippen molar-refractivity contribution in [1.82, 2.24) is 4.40 Å². The summed E-state index contributed by atoms with van der Waals surface area (Å²) >= 11 is 3.73. The van der Waals surface area contributed by atoms with E-state index in [1.165, 1.54) is 58.6 Å². The lowest BCUT2D eigenvalue weighted by Gasteiger charge is -2.12. The molecule has 5 aromatic heterocycles. The Bertz CT molecular complexity index is 1280. The van der Waals surface area contributed by atoms with Gasteiger partial charge in [0.1, 0.15) is 0 Å². The fourth-order valence-corrected chi connectivity index (χ4v) is 6.20. The molecule has 0 unspecified atom stereocenters. The molecule has 0 saturated heterocycles. The molecule has 0 spiro atoms. The molecule has 5 heterocycles. The standard InChI is InChI=1S/C20H13NS2/c1-10-11(2)17-20-15(7-9-23-20)13-5-3-4-12-14-6-8-22-19(14)16(10)21(17)18(12)13/h3-9H,1-2H3. The van der Waals surface area contributed by atoms with Gasteiger partial charge in [-0.2, -0.15) is 0 Å². The van der Waals surface area contributed by atoms with Gasteiger partial charge in [0.15, 0.2) is 0 Å². The summed E-state index contributed by atoms with van der Waals surface area (Å²) in [5.41, 5.74) is 7.03. The highest BCUT2D eigenvalue weighted by Gasteiger charge is 2.21. The second-order valence-corrected chi connectivity index (χ2v) is 8.14. The minimum Gasteiger partial charge on any atom is -0.306 e. The van der Waals surface area contributed by atoms with E-state index in [1.807, 2.05) is 22.7 Å². The second-order valence-electron chi connectivity index (χ2n) is 6.31. The number of nitrogens with zero attached hydrogens (tertiary/aromatic N) is 1. The molecule has 0 fully saturated rings. The summed E-state index contributed by atoms with van der Waals surface area (Å²) in [4.78, 5) is 0. The highest BCUT2D eigenvalue weighted by atomic mass is 32.1. The first-order valence-corrected chi connectivity index (χ1v) is 9.55. The first-order chi connectivity index (χ1) is 11.3. The topological polar surface area (TPSA) is 4.41 Å². The van der Waals surface area contributed by atoms with Crippen LogP contribution < -0.4 is 0 Å². The molecule has 1 aromatic carbocycles. The second kappa shape index (κ2) is 3.86. The molecule has 0 aliphatic carbocycles. The summed E-state index contributed by atoms with van der Waals surface area (Å²) < 4.78 is 5.37. The van der Waals surface area contributed by atoms with Crippen LogP contribution in [0.15, 0.2) is 41.1 Å². The van der Waals surface area contributed by atoms with E-state index in [2.05, 4.69) is 59.3 Å². The fraction of sp³-hybridized carbons (Fsp3) is 0.100. The fourth-order valence-electron chi connectivity index (χ4n) is 4.20. The lowest BCUT2D eigenvalue weighted by Crippen LogP contribution is -1.93. The van der Waals surface area contributed by atoms with E-state index in [0.29, 0.717) is 0 Å². The van der Waals surface area contributed by atoms with Gasteiger partial charge in [-0.05, 0) is 47.9 Å². The molecule has 0 radical (unpaired) electrons. The van der Waals surface area contributed by atoms with E-state index in [4.69, 9.17) is 0 Å².